The number of para-hydroxylation sites is 1. The summed E-state index contributed by atoms with van der Waals surface area (Å²) < 4.78 is 0. The molecular weight excluding hydrogens is 614 g/mol. The first-order valence-corrected chi connectivity index (χ1v) is 16.6. The quantitative estimate of drug-likeness (QED) is 0.148. The second-order valence-electron chi connectivity index (χ2n) is 13.5. The van der Waals surface area contributed by atoms with E-state index < -0.39 is 35.0 Å². The van der Waals surface area contributed by atoms with Crippen LogP contribution in [0.5, 0.6) is 5.75 Å². The lowest BCUT2D eigenvalue weighted by Gasteiger charge is -2.55. The molecule has 1 N–H and O–H groups in total. The Balaban J connectivity index is 1.33. The van der Waals surface area contributed by atoms with Crippen molar-refractivity contribution in [1.82, 2.24) is 0 Å². The molecule has 0 bridgehead atoms. The molecule has 0 aromatic heterocycles. The van der Waals surface area contributed by atoms with Crippen molar-refractivity contribution in [3.8, 4) is 5.75 Å². The molecule has 7 nitrogen and oxygen atoms in total. The molecule has 2 fully saturated rings. The number of imide groups is 1. The van der Waals surface area contributed by atoms with E-state index >= 15 is 4.79 Å². The van der Waals surface area contributed by atoms with Crippen LogP contribution in [0.4, 0.5) is 5.69 Å². The molecule has 1 aliphatic heterocycles. The van der Waals surface area contributed by atoms with Gasteiger partial charge in [0.25, 0.3) is 0 Å². The van der Waals surface area contributed by atoms with Gasteiger partial charge in [0.05, 0.1) is 22.9 Å². The number of benzene rings is 4. The van der Waals surface area contributed by atoms with Gasteiger partial charge in [0.2, 0.25) is 11.8 Å². The highest BCUT2D eigenvalue weighted by atomic mass is 16.3. The summed E-state index contributed by atoms with van der Waals surface area (Å²) in [4.78, 5) is 71.6. The van der Waals surface area contributed by atoms with Crippen molar-refractivity contribution in [2.45, 2.75) is 31.1 Å². The van der Waals surface area contributed by atoms with E-state index in [0.717, 1.165) is 5.57 Å². The van der Waals surface area contributed by atoms with E-state index in [1.807, 2.05) is 66.7 Å². The Morgan fingerprint density at radius 1 is 0.776 bits per heavy atom. The molecule has 49 heavy (non-hydrogen) atoms. The van der Waals surface area contributed by atoms with Crippen LogP contribution in [0.25, 0.3) is 5.57 Å². The lowest BCUT2D eigenvalue weighted by Crippen LogP contribution is -2.58. The monoisotopic (exact) mass is 647 g/mol. The molecule has 4 aromatic carbocycles. The number of aromatic hydroxyl groups is 1. The predicted octanol–water partition coefficient (Wildman–Crippen LogP) is 6.62. The van der Waals surface area contributed by atoms with Gasteiger partial charge in [0.1, 0.15) is 5.75 Å². The van der Waals surface area contributed by atoms with Gasteiger partial charge in [0, 0.05) is 28.5 Å². The molecule has 6 atom stereocenters. The van der Waals surface area contributed by atoms with Gasteiger partial charge in [-0.25, -0.2) is 0 Å². The van der Waals surface area contributed by atoms with Gasteiger partial charge in [-0.1, -0.05) is 90.5 Å². The van der Waals surface area contributed by atoms with E-state index in [0.29, 0.717) is 33.5 Å². The minimum absolute atomic E-state index is 0.00988. The third kappa shape index (κ3) is 4.45. The molecule has 4 aliphatic rings. The molecule has 1 heterocycles. The van der Waals surface area contributed by atoms with Crippen molar-refractivity contribution in [1.29, 1.82) is 0 Å². The topological polar surface area (TPSA) is 109 Å². The van der Waals surface area contributed by atoms with Crippen molar-refractivity contribution >= 4 is 40.4 Å². The zero-order chi connectivity index (χ0) is 34.0. The summed E-state index contributed by atoms with van der Waals surface area (Å²) in [5.41, 5.74) is 2.36. The average molecular weight is 648 g/mol. The van der Waals surface area contributed by atoms with Crippen LogP contribution in [0.15, 0.2) is 127 Å². The lowest BCUT2D eigenvalue weighted by atomic mass is 9.44. The first-order chi connectivity index (χ1) is 23.7. The maximum Gasteiger partial charge on any atom is 0.238 e. The van der Waals surface area contributed by atoms with Gasteiger partial charge < -0.3 is 5.11 Å². The van der Waals surface area contributed by atoms with Gasteiger partial charge in [-0.3, -0.25) is 28.9 Å². The molecule has 1 saturated heterocycles. The van der Waals surface area contributed by atoms with E-state index in [2.05, 4.69) is 0 Å². The molecule has 2 amide bonds. The Morgan fingerprint density at radius 3 is 2.10 bits per heavy atom. The summed E-state index contributed by atoms with van der Waals surface area (Å²) in [6.45, 7) is 1.46. The van der Waals surface area contributed by atoms with E-state index in [-0.39, 0.29) is 47.8 Å². The summed E-state index contributed by atoms with van der Waals surface area (Å²) in [5, 5.41) is 11.4. The number of rotatable bonds is 5. The number of nitrogens with zero attached hydrogens (tertiary/aromatic N) is 1. The van der Waals surface area contributed by atoms with Crippen LogP contribution in [0.1, 0.15) is 52.7 Å². The SMILES string of the molecule is CC(=O)c1ccc(N2C(=O)[C@H]3[C@H](CC=C4[C@H]3C[C@H]3C(=O)C(c5ccccc5)=CC(=O)[C@@]3(c3ccccc3)[C@H]4c3ccccc3O)C2=O)cc1. The number of phenolic OH excluding ortho intramolecular Hbond substituents is 1. The fourth-order valence-corrected chi connectivity index (χ4v) is 9.05. The number of carbonyl (C=O) groups excluding carboxylic acids is 5. The van der Waals surface area contributed by atoms with E-state index in [4.69, 9.17) is 0 Å². The zero-order valence-electron chi connectivity index (χ0n) is 26.8. The molecule has 4 aromatic rings. The third-order valence-corrected chi connectivity index (χ3v) is 11.2. The minimum Gasteiger partial charge on any atom is -0.508 e. The highest BCUT2D eigenvalue weighted by Crippen LogP contribution is 2.64. The first-order valence-electron chi connectivity index (χ1n) is 16.6. The minimum atomic E-state index is -1.40. The van der Waals surface area contributed by atoms with Gasteiger partial charge in [-0.05, 0) is 73.2 Å². The van der Waals surface area contributed by atoms with E-state index in [9.17, 15) is 24.3 Å². The summed E-state index contributed by atoms with van der Waals surface area (Å²) in [7, 11) is 0. The van der Waals surface area contributed by atoms with Crippen LogP contribution in [-0.4, -0.2) is 34.3 Å². The normalized spacial score (nSPS) is 27.5. The molecule has 8 rings (SSSR count). The Labute approximate surface area is 283 Å². The van der Waals surface area contributed by atoms with Crippen LogP contribution in [0, 0.1) is 23.7 Å². The Bertz CT molecular complexity index is 2120. The fraction of sp³-hybridized carbons (Fsp3) is 0.214. The fourth-order valence-electron chi connectivity index (χ4n) is 9.05. The lowest BCUT2D eigenvalue weighted by molar-refractivity contribution is -0.135. The number of phenols is 1. The maximum absolute atomic E-state index is 15.0. The van der Waals surface area contributed by atoms with Crippen molar-refractivity contribution in [2.75, 3.05) is 4.90 Å². The summed E-state index contributed by atoms with van der Waals surface area (Å²) in [5.74, 6) is -4.89. The highest BCUT2D eigenvalue weighted by molar-refractivity contribution is 6.32. The third-order valence-electron chi connectivity index (χ3n) is 11.2. The van der Waals surface area contributed by atoms with Crippen molar-refractivity contribution in [3.05, 3.63) is 149 Å². The average Bonchev–Trinajstić information content (AvgIpc) is 3.39. The number of hydrogen-bond acceptors (Lipinski definition) is 6. The van der Waals surface area contributed by atoms with Crippen LogP contribution >= 0.6 is 0 Å². The highest BCUT2D eigenvalue weighted by Gasteiger charge is 2.66. The molecule has 1 saturated carbocycles. The van der Waals surface area contributed by atoms with E-state index in [1.165, 1.54) is 17.9 Å². The van der Waals surface area contributed by atoms with E-state index in [1.54, 1.807) is 48.5 Å². The van der Waals surface area contributed by atoms with Crippen LogP contribution < -0.4 is 4.90 Å². The second-order valence-corrected chi connectivity index (χ2v) is 13.5. The molecule has 7 heteroatoms. The molecule has 0 unspecified atom stereocenters. The van der Waals surface area contributed by atoms with Crippen molar-refractivity contribution in [3.63, 3.8) is 0 Å². The second kappa shape index (κ2) is 11.5. The number of ketones is 3. The van der Waals surface area contributed by atoms with Gasteiger partial charge in [-0.2, -0.15) is 0 Å². The van der Waals surface area contributed by atoms with Gasteiger partial charge in [-0.15, -0.1) is 0 Å². The number of hydrogen-bond donors (Lipinski definition) is 1. The molecule has 0 radical (unpaired) electrons. The summed E-state index contributed by atoms with van der Waals surface area (Å²) >= 11 is 0. The standard InChI is InChI=1S/C42H33NO6/c1-24(44)25-16-18-28(19-17-25)43-40(48)31-21-20-29-33(37(31)41(43)49)22-34-39(47)32(26-10-4-2-5-11-26)23-36(46)42(34,27-12-6-3-7-13-27)38(29)30-14-8-9-15-35(30)45/h2-20,23,31,33-34,37-38,45H,21-22H2,1H3/t31-,33+,34-,37-,38+,42-/m0/s1. The van der Waals surface area contributed by atoms with Crippen molar-refractivity contribution < 1.29 is 29.1 Å². The van der Waals surface area contributed by atoms with Crippen molar-refractivity contribution in [2.24, 2.45) is 23.7 Å². The number of fused-ring (bicyclic) bond motifs is 4. The molecule has 0 spiro atoms. The maximum atomic E-state index is 15.0. The largest absolute Gasteiger partial charge is 0.508 e. The molecule has 3 aliphatic carbocycles. The molecule has 242 valence electrons. The van der Waals surface area contributed by atoms with Crippen LogP contribution in [-0.2, 0) is 24.6 Å². The van der Waals surface area contributed by atoms with Gasteiger partial charge >= 0.3 is 0 Å². The Kier molecular flexibility index (Phi) is 7.18. The van der Waals surface area contributed by atoms with Crippen LogP contribution in [0.2, 0.25) is 0 Å². The molecular formula is C42H33NO6. The number of anilines is 1. The smallest absolute Gasteiger partial charge is 0.238 e. The predicted molar refractivity (Wildman–Crippen MR) is 184 cm³/mol. The Morgan fingerprint density at radius 2 is 1.43 bits per heavy atom. The number of amides is 2. The summed E-state index contributed by atoms with van der Waals surface area (Å²) in [6, 6.07) is 31.8. The van der Waals surface area contributed by atoms with Gasteiger partial charge in [0.15, 0.2) is 17.3 Å². The summed E-state index contributed by atoms with van der Waals surface area (Å²) in [6.07, 6.45) is 3.90. The zero-order valence-corrected chi connectivity index (χ0v) is 26.8. The Hall–Kier alpha value is -5.69. The van der Waals surface area contributed by atoms with Crippen LogP contribution in [0.3, 0.4) is 0 Å². The number of Topliss-reactive ketones (excluding diaryl/α,β-unsaturated/α-hetero) is 2. The number of carbonyl (C=O) groups is 5. The first kappa shape index (κ1) is 30.6. The number of allylic oxidation sites excluding steroid dienone is 4.